The van der Waals surface area contributed by atoms with Crippen LogP contribution in [-0.4, -0.2) is 49.3 Å². The molecule has 1 N–H and O–H groups in total. The van der Waals surface area contributed by atoms with Crippen LogP contribution in [-0.2, 0) is 4.74 Å². The Morgan fingerprint density at radius 1 is 1.35 bits per heavy atom. The standard InChI is InChI=1S/C14H30N2O/c1-5-16(12-13-8-6-11-17-13)10-7-9-15-14(2,3)4/h13,15H,5-12H2,1-4H3. The monoisotopic (exact) mass is 242 g/mol. The van der Waals surface area contributed by atoms with Gasteiger partial charge in [0, 0.05) is 18.7 Å². The first-order chi connectivity index (χ1) is 8.01. The Labute approximate surface area is 107 Å². The minimum absolute atomic E-state index is 0.242. The molecule has 1 rings (SSSR count). The number of likely N-dealkylation sites (N-methyl/N-ethyl adjacent to an activating group) is 1. The van der Waals surface area contributed by atoms with Crippen LogP contribution in [0.15, 0.2) is 0 Å². The van der Waals surface area contributed by atoms with Gasteiger partial charge in [0.25, 0.3) is 0 Å². The lowest BCUT2D eigenvalue weighted by atomic mass is 10.1. The summed E-state index contributed by atoms with van der Waals surface area (Å²) in [6.45, 7) is 14.4. The van der Waals surface area contributed by atoms with E-state index >= 15 is 0 Å². The van der Waals surface area contributed by atoms with Crippen molar-refractivity contribution in [3.8, 4) is 0 Å². The van der Waals surface area contributed by atoms with Crippen LogP contribution >= 0.6 is 0 Å². The lowest BCUT2D eigenvalue weighted by Gasteiger charge is -2.25. The topological polar surface area (TPSA) is 24.5 Å². The minimum atomic E-state index is 0.242. The molecule has 102 valence electrons. The molecule has 1 aliphatic heterocycles. The smallest absolute Gasteiger partial charge is 0.0702 e. The number of hydrogen-bond donors (Lipinski definition) is 1. The number of rotatable bonds is 7. The van der Waals surface area contributed by atoms with Gasteiger partial charge >= 0.3 is 0 Å². The summed E-state index contributed by atoms with van der Waals surface area (Å²) in [7, 11) is 0. The molecule has 1 atom stereocenters. The van der Waals surface area contributed by atoms with Crippen LogP contribution in [0.4, 0.5) is 0 Å². The molecule has 0 aromatic carbocycles. The minimum Gasteiger partial charge on any atom is -0.377 e. The quantitative estimate of drug-likeness (QED) is 0.693. The molecule has 0 aliphatic carbocycles. The maximum Gasteiger partial charge on any atom is 0.0702 e. The molecule has 0 bridgehead atoms. The highest BCUT2D eigenvalue weighted by Gasteiger charge is 2.18. The van der Waals surface area contributed by atoms with Crippen molar-refractivity contribution in [2.75, 3.05) is 32.8 Å². The largest absolute Gasteiger partial charge is 0.377 e. The fourth-order valence-corrected chi connectivity index (χ4v) is 2.22. The van der Waals surface area contributed by atoms with Crippen molar-refractivity contribution in [2.45, 2.75) is 58.6 Å². The van der Waals surface area contributed by atoms with E-state index in [4.69, 9.17) is 4.74 Å². The zero-order valence-electron chi connectivity index (χ0n) is 12.1. The van der Waals surface area contributed by atoms with E-state index < -0.39 is 0 Å². The average Bonchev–Trinajstić information content (AvgIpc) is 2.73. The molecule has 0 saturated carbocycles. The third-order valence-corrected chi connectivity index (χ3v) is 3.24. The molecule has 0 amide bonds. The summed E-state index contributed by atoms with van der Waals surface area (Å²) in [4.78, 5) is 2.51. The van der Waals surface area contributed by atoms with E-state index in [0.717, 1.165) is 26.2 Å². The maximum absolute atomic E-state index is 5.69. The van der Waals surface area contributed by atoms with Gasteiger partial charge in [0.05, 0.1) is 6.10 Å². The summed E-state index contributed by atoms with van der Waals surface area (Å²) in [5, 5.41) is 3.54. The molecule has 17 heavy (non-hydrogen) atoms. The first kappa shape index (κ1) is 14.9. The fourth-order valence-electron chi connectivity index (χ4n) is 2.22. The van der Waals surface area contributed by atoms with Crippen molar-refractivity contribution < 1.29 is 4.74 Å². The normalized spacial score (nSPS) is 21.4. The number of ether oxygens (including phenoxy) is 1. The molecular weight excluding hydrogens is 212 g/mol. The highest BCUT2D eigenvalue weighted by Crippen LogP contribution is 2.13. The molecule has 3 nitrogen and oxygen atoms in total. The Balaban J connectivity index is 2.09. The van der Waals surface area contributed by atoms with Gasteiger partial charge in [-0.05, 0) is 59.7 Å². The van der Waals surface area contributed by atoms with Crippen molar-refractivity contribution in [1.82, 2.24) is 10.2 Å². The van der Waals surface area contributed by atoms with Crippen molar-refractivity contribution >= 4 is 0 Å². The second-order valence-corrected chi connectivity index (χ2v) is 6.06. The molecule has 0 radical (unpaired) electrons. The predicted octanol–water partition coefficient (Wildman–Crippen LogP) is 2.27. The Kier molecular flexibility index (Phi) is 6.45. The van der Waals surface area contributed by atoms with E-state index in [1.807, 2.05) is 0 Å². The van der Waals surface area contributed by atoms with Crippen LogP contribution in [0.25, 0.3) is 0 Å². The summed E-state index contributed by atoms with van der Waals surface area (Å²) in [6.07, 6.45) is 4.20. The van der Waals surface area contributed by atoms with Crippen LogP contribution in [0.5, 0.6) is 0 Å². The zero-order valence-corrected chi connectivity index (χ0v) is 12.1. The van der Waals surface area contributed by atoms with Gasteiger partial charge in [0.1, 0.15) is 0 Å². The second-order valence-electron chi connectivity index (χ2n) is 6.06. The van der Waals surface area contributed by atoms with Crippen molar-refractivity contribution in [3.05, 3.63) is 0 Å². The number of nitrogens with one attached hydrogen (secondary N) is 1. The van der Waals surface area contributed by atoms with Crippen molar-refractivity contribution in [3.63, 3.8) is 0 Å². The number of hydrogen-bond acceptors (Lipinski definition) is 3. The highest BCUT2D eigenvalue weighted by atomic mass is 16.5. The highest BCUT2D eigenvalue weighted by molar-refractivity contribution is 4.72. The summed E-state index contributed by atoms with van der Waals surface area (Å²) in [5.41, 5.74) is 0.242. The van der Waals surface area contributed by atoms with Crippen molar-refractivity contribution in [2.24, 2.45) is 0 Å². The fraction of sp³-hybridized carbons (Fsp3) is 1.00. The maximum atomic E-state index is 5.69. The van der Waals surface area contributed by atoms with Gasteiger partial charge in [-0.3, -0.25) is 0 Å². The van der Waals surface area contributed by atoms with Crippen LogP contribution in [0.1, 0.15) is 47.0 Å². The lowest BCUT2D eigenvalue weighted by molar-refractivity contribution is 0.0743. The van der Waals surface area contributed by atoms with Gasteiger partial charge in [0.2, 0.25) is 0 Å². The van der Waals surface area contributed by atoms with Gasteiger partial charge in [0.15, 0.2) is 0 Å². The summed E-state index contributed by atoms with van der Waals surface area (Å²) < 4.78 is 5.69. The van der Waals surface area contributed by atoms with Crippen LogP contribution in [0.3, 0.4) is 0 Å². The van der Waals surface area contributed by atoms with E-state index in [0.29, 0.717) is 6.10 Å². The predicted molar refractivity (Wildman–Crippen MR) is 73.5 cm³/mol. The Morgan fingerprint density at radius 3 is 2.65 bits per heavy atom. The SMILES string of the molecule is CCN(CCCNC(C)(C)C)CC1CCCO1. The zero-order chi connectivity index (χ0) is 12.7. The third-order valence-electron chi connectivity index (χ3n) is 3.24. The lowest BCUT2D eigenvalue weighted by Crippen LogP contribution is -2.39. The Hall–Kier alpha value is -0.120. The van der Waals surface area contributed by atoms with Gasteiger partial charge < -0.3 is 15.0 Å². The molecule has 1 saturated heterocycles. The van der Waals surface area contributed by atoms with Crippen LogP contribution in [0, 0.1) is 0 Å². The van der Waals surface area contributed by atoms with Gasteiger partial charge in [-0.25, -0.2) is 0 Å². The van der Waals surface area contributed by atoms with Crippen LogP contribution in [0.2, 0.25) is 0 Å². The second kappa shape index (κ2) is 7.34. The first-order valence-corrected chi connectivity index (χ1v) is 7.10. The molecule has 0 aromatic rings. The molecular formula is C14H30N2O. The van der Waals surface area contributed by atoms with E-state index in [2.05, 4.69) is 37.9 Å². The molecule has 3 heteroatoms. The van der Waals surface area contributed by atoms with Gasteiger partial charge in [-0.15, -0.1) is 0 Å². The third kappa shape index (κ3) is 7.02. The average molecular weight is 242 g/mol. The summed E-state index contributed by atoms with van der Waals surface area (Å²) in [5.74, 6) is 0. The van der Waals surface area contributed by atoms with Crippen molar-refractivity contribution in [1.29, 1.82) is 0 Å². The summed E-state index contributed by atoms with van der Waals surface area (Å²) >= 11 is 0. The van der Waals surface area contributed by atoms with Gasteiger partial charge in [-0.2, -0.15) is 0 Å². The van der Waals surface area contributed by atoms with Gasteiger partial charge in [-0.1, -0.05) is 6.92 Å². The van der Waals surface area contributed by atoms with E-state index in [9.17, 15) is 0 Å². The van der Waals surface area contributed by atoms with E-state index in [1.54, 1.807) is 0 Å². The first-order valence-electron chi connectivity index (χ1n) is 7.10. The molecule has 1 unspecified atom stereocenters. The van der Waals surface area contributed by atoms with E-state index in [-0.39, 0.29) is 5.54 Å². The summed E-state index contributed by atoms with van der Waals surface area (Å²) in [6, 6.07) is 0. The van der Waals surface area contributed by atoms with Crippen LogP contribution < -0.4 is 5.32 Å². The Bertz CT molecular complexity index is 195. The molecule has 1 aliphatic rings. The van der Waals surface area contributed by atoms with E-state index in [1.165, 1.54) is 25.8 Å². The molecule has 1 heterocycles. The molecule has 0 spiro atoms. The molecule has 1 fully saturated rings. The molecule has 0 aromatic heterocycles. The Morgan fingerprint density at radius 2 is 2.12 bits per heavy atom. The number of nitrogens with zero attached hydrogens (tertiary/aromatic N) is 1.